The minimum Gasteiger partial charge on any atom is -0.464 e. The first-order valence-corrected chi connectivity index (χ1v) is 2.84. The molecule has 0 fully saturated rings. The van der Waals surface area contributed by atoms with Gasteiger partial charge in [-0.1, -0.05) is 0 Å². The summed E-state index contributed by atoms with van der Waals surface area (Å²) in [5.74, 6) is -0.209. The van der Waals surface area contributed by atoms with Gasteiger partial charge in [0.15, 0.2) is 5.82 Å². The van der Waals surface area contributed by atoms with E-state index in [1.165, 1.54) is 0 Å². The summed E-state index contributed by atoms with van der Waals surface area (Å²) in [4.78, 5) is 0. The third kappa shape index (κ3) is 1.34. The summed E-state index contributed by atoms with van der Waals surface area (Å²) in [7, 11) is 0. The molecule has 1 aromatic rings. The quantitative estimate of drug-likeness (QED) is 0.633. The molecule has 0 aliphatic heterocycles. The Bertz CT molecular complexity index is 211. The first-order valence-electron chi connectivity index (χ1n) is 2.84. The average molecular weight is 145 g/mol. The highest BCUT2D eigenvalue weighted by molar-refractivity contribution is 5.05. The van der Waals surface area contributed by atoms with Crippen LogP contribution in [-0.4, -0.2) is 11.7 Å². The number of halogens is 1. The van der Waals surface area contributed by atoms with Gasteiger partial charge in [0.05, 0.1) is 12.6 Å². The lowest BCUT2D eigenvalue weighted by molar-refractivity contribution is 0.252. The van der Waals surface area contributed by atoms with E-state index >= 15 is 0 Å². The molecule has 0 aromatic carbocycles. The van der Waals surface area contributed by atoms with Gasteiger partial charge in [-0.3, -0.25) is 0 Å². The molecule has 0 bridgehead atoms. The molecule has 4 heteroatoms. The average Bonchev–Trinajstić information content (AvgIpc) is 2.34. The number of aliphatic hydroxyl groups excluding tert-OH is 1. The lowest BCUT2D eigenvalue weighted by Gasteiger charge is -2.00. The molecule has 1 atom stereocenters. The van der Waals surface area contributed by atoms with Crippen LogP contribution in [0.25, 0.3) is 0 Å². The minimum atomic E-state index is -0.621. The zero-order valence-corrected chi connectivity index (χ0v) is 5.25. The second kappa shape index (κ2) is 2.81. The Balaban J connectivity index is 2.74. The molecule has 0 saturated heterocycles. The summed E-state index contributed by atoms with van der Waals surface area (Å²) in [5.41, 5.74) is 5.30. The number of furan rings is 1. The molecule has 0 saturated carbocycles. The lowest BCUT2D eigenvalue weighted by atomic mass is 10.2. The fraction of sp³-hybridized carbons (Fsp3) is 0.333. The standard InChI is InChI=1S/C6H8FNO2/c7-4-1-6(10-3-4)5(8)2-9/h1,3,5,9H,2,8H2. The number of aliphatic hydroxyl groups is 1. The summed E-state index contributed by atoms with van der Waals surface area (Å²) in [6, 6.07) is 0.533. The van der Waals surface area contributed by atoms with Crippen molar-refractivity contribution in [1.82, 2.24) is 0 Å². The highest BCUT2D eigenvalue weighted by Gasteiger charge is 2.08. The Kier molecular flexibility index (Phi) is 2.03. The molecule has 1 aromatic heterocycles. The van der Waals surface area contributed by atoms with Crippen LogP contribution in [0.5, 0.6) is 0 Å². The maximum atomic E-state index is 12.2. The van der Waals surface area contributed by atoms with Crippen molar-refractivity contribution in [3.8, 4) is 0 Å². The van der Waals surface area contributed by atoms with Crippen molar-refractivity contribution < 1.29 is 13.9 Å². The molecule has 3 N–H and O–H groups in total. The fourth-order valence-corrected chi connectivity index (χ4v) is 0.613. The topological polar surface area (TPSA) is 59.4 Å². The monoisotopic (exact) mass is 145 g/mol. The zero-order chi connectivity index (χ0) is 7.56. The van der Waals surface area contributed by atoms with Gasteiger partial charge in [-0.05, 0) is 0 Å². The number of nitrogens with two attached hydrogens (primary N) is 1. The van der Waals surface area contributed by atoms with Crippen molar-refractivity contribution in [3.63, 3.8) is 0 Å². The van der Waals surface area contributed by atoms with Crippen LogP contribution in [0.4, 0.5) is 4.39 Å². The Labute approximate surface area is 57.3 Å². The van der Waals surface area contributed by atoms with Crippen molar-refractivity contribution >= 4 is 0 Å². The lowest BCUT2D eigenvalue weighted by Crippen LogP contribution is -2.13. The van der Waals surface area contributed by atoms with Gasteiger partial charge in [-0.15, -0.1) is 0 Å². The summed E-state index contributed by atoms with van der Waals surface area (Å²) in [5, 5.41) is 8.49. The van der Waals surface area contributed by atoms with E-state index in [1.807, 2.05) is 0 Å². The van der Waals surface area contributed by atoms with Gasteiger partial charge in [0.2, 0.25) is 0 Å². The summed E-state index contributed by atoms with van der Waals surface area (Å²) in [6.45, 7) is -0.243. The van der Waals surface area contributed by atoms with Gasteiger partial charge in [0, 0.05) is 6.07 Å². The summed E-state index contributed by atoms with van der Waals surface area (Å²) < 4.78 is 16.8. The molecule has 0 amide bonds. The van der Waals surface area contributed by atoms with E-state index < -0.39 is 11.9 Å². The van der Waals surface area contributed by atoms with E-state index in [2.05, 4.69) is 4.42 Å². The molecule has 1 unspecified atom stereocenters. The Morgan fingerprint density at radius 1 is 1.80 bits per heavy atom. The van der Waals surface area contributed by atoms with Crippen LogP contribution in [0.3, 0.4) is 0 Å². The fourth-order valence-electron chi connectivity index (χ4n) is 0.613. The smallest absolute Gasteiger partial charge is 0.161 e. The second-order valence-electron chi connectivity index (χ2n) is 1.96. The molecule has 56 valence electrons. The van der Waals surface area contributed by atoms with Crippen LogP contribution < -0.4 is 5.73 Å². The van der Waals surface area contributed by atoms with E-state index in [1.54, 1.807) is 0 Å². The maximum Gasteiger partial charge on any atom is 0.161 e. The first-order chi connectivity index (χ1) is 4.74. The largest absolute Gasteiger partial charge is 0.464 e. The molecular formula is C6H8FNO2. The van der Waals surface area contributed by atoms with Crippen LogP contribution in [0.2, 0.25) is 0 Å². The first kappa shape index (κ1) is 7.24. The summed E-state index contributed by atoms with van der Waals surface area (Å²) in [6.07, 6.45) is 0.949. The molecule has 0 aliphatic rings. The van der Waals surface area contributed by atoms with Crippen LogP contribution >= 0.6 is 0 Å². The molecule has 1 rings (SSSR count). The Hall–Kier alpha value is -0.870. The van der Waals surface area contributed by atoms with Crippen molar-refractivity contribution in [2.75, 3.05) is 6.61 Å². The van der Waals surface area contributed by atoms with E-state index in [0.717, 1.165) is 12.3 Å². The van der Waals surface area contributed by atoms with Gasteiger partial charge in [0.1, 0.15) is 12.0 Å². The van der Waals surface area contributed by atoms with Crippen molar-refractivity contribution in [2.24, 2.45) is 5.73 Å². The maximum absolute atomic E-state index is 12.2. The summed E-state index contributed by atoms with van der Waals surface area (Å²) >= 11 is 0. The second-order valence-corrected chi connectivity index (χ2v) is 1.96. The van der Waals surface area contributed by atoms with Gasteiger partial charge in [-0.2, -0.15) is 0 Å². The van der Waals surface area contributed by atoms with E-state index in [4.69, 9.17) is 10.8 Å². The number of hydrogen-bond acceptors (Lipinski definition) is 3. The van der Waals surface area contributed by atoms with Crippen LogP contribution in [0, 0.1) is 5.82 Å². The van der Waals surface area contributed by atoms with Crippen LogP contribution in [0.15, 0.2) is 16.7 Å². The van der Waals surface area contributed by atoms with Gasteiger partial charge in [0.25, 0.3) is 0 Å². The molecule has 10 heavy (non-hydrogen) atoms. The van der Waals surface area contributed by atoms with Gasteiger partial charge >= 0.3 is 0 Å². The minimum absolute atomic E-state index is 0.243. The van der Waals surface area contributed by atoms with Gasteiger partial charge < -0.3 is 15.3 Å². The van der Waals surface area contributed by atoms with E-state index in [-0.39, 0.29) is 12.4 Å². The molecule has 0 spiro atoms. The predicted molar refractivity (Wildman–Crippen MR) is 32.7 cm³/mol. The molecule has 1 heterocycles. The molecular weight excluding hydrogens is 137 g/mol. The zero-order valence-electron chi connectivity index (χ0n) is 5.25. The van der Waals surface area contributed by atoms with Crippen LogP contribution in [-0.2, 0) is 0 Å². The number of rotatable bonds is 2. The van der Waals surface area contributed by atoms with Gasteiger partial charge in [-0.25, -0.2) is 4.39 Å². The van der Waals surface area contributed by atoms with E-state index in [0.29, 0.717) is 0 Å². The third-order valence-corrected chi connectivity index (χ3v) is 1.15. The SMILES string of the molecule is NC(CO)c1cc(F)co1. The van der Waals surface area contributed by atoms with Crippen molar-refractivity contribution in [1.29, 1.82) is 0 Å². The predicted octanol–water partition coefficient (Wildman–Crippen LogP) is 0.411. The van der Waals surface area contributed by atoms with Crippen LogP contribution in [0.1, 0.15) is 11.8 Å². The number of hydrogen-bond donors (Lipinski definition) is 2. The molecule has 3 nitrogen and oxygen atoms in total. The Morgan fingerprint density at radius 2 is 2.50 bits per heavy atom. The highest BCUT2D eigenvalue weighted by Crippen LogP contribution is 2.12. The van der Waals surface area contributed by atoms with Crippen molar-refractivity contribution in [2.45, 2.75) is 6.04 Å². The normalized spacial score (nSPS) is 13.5. The highest BCUT2D eigenvalue weighted by atomic mass is 19.1. The molecule has 0 aliphatic carbocycles. The molecule has 0 radical (unpaired) electrons. The third-order valence-electron chi connectivity index (χ3n) is 1.15. The Morgan fingerprint density at radius 3 is 2.90 bits per heavy atom. The van der Waals surface area contributed by atoms with E-state index in [9.17, 15) is 4.39 Å². The van der Waals surface area contributed by atoms with Crippen molar-refractivity contribution in [3.05, 3.63) is 23.9 Å².